The summed E-state index contributed by atoms with van der Waals surface area (Å²) in [4.78, 5) is 11.3. The molecule has 2 rings (SSSR count). The summed E-state index contributed by atoms with van der Waals surface area (Å²) >= 11 is 3.20. The highest BCUT2D eigenvalue weighted by Gasteiger charge is 2.38. The molecule has 1 fully saturated rings. The first kappa shape index (κ1) is 15.2. The highest BCUT2D eigenvalue weighted by molar-refractivity contribution is 9.10. The highest BCUT2D eigenvalue weighted by Crippen LogP contribution is 2.28. The third-order valence-corrected chi connectivity index (χ3v) is 5.43. The minimum atomic E-state index is -3.91. The molecule has 1 heterocycles. The van der Waals surface area contributed by atoms with Crippen LogP contribution in [0.5, 0.6) is 0 Å². The predicted octanol–water partition coefficient (Wildman–Crippen LogP) is -0.0939. The minimum absolute atomic E-state index is 0.0531. The topological polar surface area (TPSA) is 116 Å². The monoisotopic (exact) mass is 363 g/mol. The number of anilines is 1. The number of ether oxygens (including phenoxy) is 1. The molecule has 7 nitrogen and oxygen atoms in total. The lowest BCUT2D eigenvalue weighted by Crippen LogP contribution is -2.54. The van der Waals surface area contributed by atoms with Crippen LogP contribution in [-0.4, -0.2) is 44.4 Å². The fourth-order valence-corrected chi connectivity index (χ4v) is 4.18. The zero-order chi connectivity index (χ0) is 14.9. The summed E-state index contributed by atoms with van der Waals surface area (Å²) in [6.07, 6.45) is 0. The number of nitrogen functional groups attached to an aromatic ring is 1. The van der Waals surface area contributed by atoms with Crippen LogP contribution in [0.3, 0.4) is 0 Å². The Morgan fingerprint density at radius 1 is 1.45 bits per heavy atom. The van der Waals surface area contributed by atoms with Crippen LogP contribution in [-0.2, 0) is 19.6 Å². The van der Waals surface area contributed by atoms with Crippen molar-refractivity contribution in [3.8, 4) is 0 Å². The molecule has 20 heavy (non-hydrogen) atoms. The summed E-state index contributed by atoms with van der Waals surface area (Å²) < 4.78 is 32.0. The molecular weight excluding hydrogens is 350 g/mol. The number of sulfonamides is 1. The van der Waals surface area contributed by atoms with E-state index in [0.717, 1.165) is 4.31 Å². The molecule has 4 N–H and O–H groups in total. The zero-order valence-electron chi connectivity index (χ0n) is 10.5. The van der Waals surface area contributed by atoms with Crippen LogP contribution in [0.15, 0.2) is 27.6 Å². The average molecular weight is 364 g/mol. The molecule has 0 spiro atoms. The summed E-state index contributed by atoms with van der Waals surface area (Å²) in [6, 6.07) is 3.50. The van der Waals surface area contributed by atoms with E-state index >= 15 is 0 Å². The van der Waals surface area contributed by atoms with E-state index in [2.05, 4.69) is 15.9 Å². The van der Waals surface area contributed by atoms with Crippen molar-refractivity contribution in [2.75, 3.05) is 25.5 Å². The molecule has 9 heteroatoms. The van der Waals surface area contributed by atoms with Gasteiger partial charge in [-0.2, -0.15) is 4.31 Å². The maximum atomic E-state index is 12.6. The highest BCUT2D eigenvalue weighted by atomic mass is 79.9. The first-order valence-electron chi connectivity index (χ1n) is 5.78. The number of carbonyl (C=O) groups is 1. The van der Waals surface area contributed by atoms with Crippen LogP contribution in [0.4, 0.5) is 5.69 Å². The molecule has 1 aromatic rings. The largest absolute Gasteiger partial charge is 0.398 e. The maximum Gasteiger partial charge on any atom is 0.246 e. The van der Waals surface area contributed by atoms with E-state index in [1.807, 2.05) is 0 Å². The summed E-state index contributed by atoms with van der Waals surface area (Å²) in [6.45, 7) is 0.210. The third kappa shape index (κ3) is 2.80. The Balaban J connectivity index is 2.47. The van der Waals surface area contributed by atoms with E-state index in [-0.39, 0.29) is 30.3 Å². The van der Waals surface area contributed by atoms with E-state index in [9.17, 15) is 13.2 Å². The number of morpholine rings is 1. The van der Waals surface area contributed by atoms with Gasteiger partial charge in [0.25, 0.3) is 0 Å². The molecule has 0 aromatic heterocycles. The number of benzene rings is 1. The second kappa shape index (κ2) is 5.68. The molecule has 0 radical (unpaired) electrons. The molecule has 1 unspecified atom stereocenters. The smallest absolute Gasteiger partial charge is 0.246 e. The number of carbonyl (C=O) groups excluding carboxylic acids is 1. The SMILES string of the molecule is NC(=O)C1COCCN1S(=O)(=O)c1cc(Br)ccc1N. The van der Waals surface area contributed by atoms with E-state index < -0.39 is 22.0 Å². The van der Waals surface area contributed by atoms with Crippen molar-refractivity contribution in [1.82, 2.24) is 4.31 Å². The van der Waals surface area contributed by atoms with Crippen molar-refractivity contribution >= 4 is 37.5 Å². The normalized spacial score (nSPS) is 20.8. The molecule has 0 aliphatic carbocycles. The van der Waals surface area contributed by atoms with Gasteiger partial charge in [0, 0.05) is 11.0 Å². The Kier molecular flexibility index (Phi) is 4.33. The van der Waals surface area contributed by atoms with E-state index in [1.165, 1.54) is 12.1 Å². The predicted molar refractivity (Wildman–Crippen MR) is 76.2 cm³/mol. The lowest BCUT2D eigenvalue weighted by Gasteiger charge is -2.32. The Morgan fingerprint density at radius 2 is 2.15 bits per heavy atom. The summed E-state index contributed by atoms with van der Waals surface area (Å²) in [5.41, 5.74) is 11.1. The quantitative estimate of drug-likeness (QED) is 0.727. The number of hydrogen-bond acceptors (Lipinski definition) is 5. The van der Waals surface area contributed by atoms with Crippen molar-refractivity contribution in [1.29, 1.82) is 0 Å². The molecule has 1 atom stereocenters. The Morgan fingerprint density at radius 3 is 2.80 bits per heavy atom. The van der Waals surface area contributed by atoms with Crippen molar-refractivity contribution in [3.05, 3.63) is 22.7 Å². The zero-order valence-corrected chi connectivity index (χ0v) is 12.9. The second-order valence-corrected chi connectivity index (χ2v) is 7.07. The van der Waals surface area contributed by atoms with Crippen LogP contribution in [0.25, 0.3) is 0 Å². The lowest BCUT2D eigenvalue weighted by molar-refractivity contribution is -0.125. The van der Waals surface area contributed by atoms with Crippen molar-refractivity contribution < 1.29 is 17.9 Å². The first-order chi connectivity index (χ1) is 9.34. The molecule has 0 saturated carbocycles. The van der Waals surface area contributed by atoms with Crippen LogP contribution in [0.2, 0.25) is 0 Å². The number of halogens is 1. The van der Waals surface area contributed by atoms with Crippen molar-refractivity contribution in [2.45, 2.75) is 10.9 Å². The number of hydrogen-bond donors (Lipinski definition) is 2. The number of nitrogens with two attached hydrogens (primary N) is 2. The van der Waals surface area contributed by atoms with Gasteiger partial charge in [-0.3, -0.25) is 4.79 Å². The summed E-state index contributed by atoms with van der Waals surface area (Å²) in [5, 5.41) is 0. The summed E-state index contributed by atoms with van der Waals surface area (Å²) in [5.74, 6) is -0.748. The second-order valence-electron chi connectivity index (χ2n) is 4.29. The Labute approximate surface area is 125 Å². The average Bonchev–Trinajstić information content (AvgIpc) is 2.41. The maximum absolute atomic E-state index is 12.6. The van der Waals surface area contributed by atoms with Gasteiger partial charge in [-0.25, -0.2) is 8.42 Å². The van der Waals surface area contributed by atoms with E-state index in [0.29, 0.717) is 4.47 Å². The van der Waals surface area contributed by atoms with Gasteiger partial charge in [-0.15, -0.1) is 0 Å². The van der Waals surface area contributed by atoms with E-state index in [4.69, 9.17) is 16.2 Å². The number of amides is 1. The standard InChI is InChI=1S/C11H14BrN3O4S/c12-7-1-2-8(13)10(5-7)20(17,18)15-3-4-19-6-9(15)11(14)16/h1-2,5,9H,3-4,6,13H2,(H2,14,16). The molecule has 1 saturated heterocycles. The van der Waals surface area contributed by atoms with Gasteiger partial charge in [0.05, 0.1) is 18.9 Å². The van der Waals surface area contributed by atoms with Crippen LogP contribution in [0.1, 0.15) is 0 Å². The molecule has 110 valence electrons. The van der Waals surface area contributed by atoms with Gasteiger partial charge in [0.1, 0.15) is 10.9 Å². The number of rotatable bonds is 3. The van der Waals surface area contributed by atoms with Gasteiger partial charge >= 0.3 is 0 Å². The van der Waals surface area contributed by atoms with Crippen molar-refractivity contribution in [3.63, 3.8) is 0 Å². The van der Waals surface area contributed by atoms with Gasteiger partial charge in [-0.05, 0) is 18.2 Å². The minimum Gasteiger partial charge on any atom is -0.398 e. The molecule has 1 aliphatic heterocycles. The van der Waals surface area contributed by atoms with Crippen LogP contribution >= 0.6 is 15.9 Å². The van der Waals surface area contributed by atoms with Gasteiger partial charge in [0.15, 0.2) is 0 Å². The van der Waals surface area contributed by atoms with Gasteiger partial charge in [0.2, 0.25) is 15.9 Å². The number of nitrogens with zero attached hydrogens (tertiary/aromatic N) is 1. The van der Waals surface area contributed by atoms with Gasteiger partial charge < -0.3 is 16.2 Å². The molecule has 1 amide bonds. The molecular formula is C11H14BrN3O4S. The third-order valence-electron chi connectivity index (χ3n) is 2.97. The van der Waals surface area contributed by atoms with E-state index in [1.54, 1.807) is 6.07 Å². The van der Waals surface area contributed by atoms with Crippen molar-refractivity contribution in [2.24, 2.45) is 5.73 Å². The first-order valence-corrected chi connectivity index (χ1v) is 8.01. The molecule has 1 aromatic carbocycles. The van der Waals surface area contributed by atoms with Crippen LogP contribution in [0, 0.1) is 0 Å². The fraction of sp³-hybridized carbons (Fsp3) is 0.364. The Hall–Kier alpha value is -1.16. The Bertz CT molecular complexity index is 635. The number of primary amides is 1. The summed E-state index contributed by atoms with van der Waals surface area (Å²) in [7, 11) is -3.91. The molecule has 0 bridgehead atoms. The lowest BCUT2D eigenvalue weighted by atomic mass is 10.3. The van der Waals surface area contributed by atoms with Crippen LogP contribution < -0.4 is 11.5 Å². The van der Waals surface area contributed by atoms with Gasteiger partial charge in [-0.1, -0.05) is 15.9 Å². The fourth-order valence-electron chi connectivity index (χ4n) is 1.96. The molecule has 1 aliphatic rings.